The largest absolute Gasteiger partial charge is 0.397 e. The molecule has 0 saturated carbocycles. The van der Waals surface area contributed by atoms with Gasteiger partial charge in [0.15, 0.2) is 6.20 Å². The number of halogens is 1. The molecule has 1 aromatic heterocycles. The number of nitrogen functional groups attached to an aromatic ring is 1. The Bertz CT molecular complexity index is 598. The van der Waals surface area contributed by atoms with Gasteiger partial charge in [-0.1, -0.05) is 0 Å². The maximum absolute atomic E-state index is 13.1. The molecule has 3 nitrogen and oxygen atoms in total. The van der Waals surface area contributed by atoms with Crippen LogP contribution >= 0.6 is 0 Å². The molecule has 0 saturated heterocycles. The Morgan fingerprint density at radius 2 is 2.12 bits per heavy atom. The Hall–Kier alpha value is -1.49. The van der Waals surface area contributed by atoms with Crippen molar-refractivity contribution in [3.63, 3.8) is 0 Å². The molecule has 0 aliphatic rings. The van der Waals surface area contributed by atoms with Crippen LogP contribution in [-0.4, -0.2) is 10.5 Å². The normalized spacial score (nSPS) is 12.9. The first-order chi connectivity index (χ1) is 7.50. The van der Waals surface area contributed by atoms with Crippen LogP contribution in [0.15, 0.2) is 29.3 Å². The Balaban J connectivity index is 2.90. The maximum Gasteiger partial charge on any atom is 0.217 e. The van der Waals surface area contributed by atoms with E-state index in [0.29, 0.717) is 16.1 Å². The third-order valence-corrected chi connectivity index (χ3v) is 3.46. The molecule has 0 fully saturated rings. The number of aromatic nitrogens is 1. The second-order valence-corrected chi connectivity index (χ2v) is 4.98. The number of hydrogen-bond donors (Lipinski definition) is 1. The fourth-order valence-corrected chi connectivity index (χ4v) is 2.43. The van der Waals surface area contributed by atoms with Crippen LogP contribution in [0.25, 0.3) is 10.9 Å². The molecule has 5 heteroatoms. The van der Waals surface area contributed by atoms with Crippen molar-refractivity contribution in [1.29, 1.82) is 0 Å². The first-order valence-electron chi connectivity index (χ1n) is 4.71. The Morgan fingerprint density at radius 3 is 2.75 bits per heavy atom. The van der Waals surface area contributed by atoms with Crippen LogP contribution in [0.5, 0.6) is 0 Å². The molecule has 2 rings (SSSR count). The summed E-state index contributed by atoms with van der Waals surface area (Å²) in [5, 5.41) is 0.719. The van der Waals surface area contributed by atoms with Gasteiger partial charge in [-0.3, -0.25) is 4.21 Å². The number of rotatable bonds is 1. The van der Waals surface area contributed by atoms with Crippen LogP contribution in [0, 0.1) is 5.82 Å². The molecule has 2 N–H and O–H groups in total. The molecule has 0 spiro atoms. The van der Waals surface area contributed by atoms with Gasteiger partial charge in [0.25, 0.3) is 0 Å². The topological polar surface area (TPSA) is 47.0 Å². The van der Waals surface area contributed by atoms with Gasteiger partial charge in [0.05, 0.1) is 21.9 Å². The molecule has 2 aromatic rings. The van der Waals surface area contributed by atoms with E-state index in [1.54, 1.807) is 30.1 Å². The summed E-state index contributed by atoms with van der Waals surface area (Å²) < 4.78 is 26.3. The highest BCUT2D eigenvalue weighted by Gasteiger charge is 2.16. The molecule has 1 heterocycles. The van der Waals surface area contributed by atoms with E-state index >= 15 is 0 Å². The number of nitrogens with zero attached hydrogens (tertiary/aromatic N) is 1. The molecule has 0 aliphatic carbocycles. The summed E-state index contributed by atoms with van der Waals surface area (Å²) in [4.78, 5) is 0.571. The molecule has 84 valence electrons. The molecule has 0 amide bonds. The second kappa shape index (κ2) is 3.83. The molecular formula is C11H12FN2OS+. The number of nitrogens with two attached hydrogens (primary N) is 1. The van der Waals surface area contributed by atoms with Crippen LogP contribution in [0.3, 0.4) is 0 Å². The summed E-state index contributed by atoms with van der Waals surface area (Å²) >= 11 is 0. The zero-order valence-electron chi connectivity index (χ0n) is 9.03. The number of pyridine rings is 1. The lowest BCUT2D eigenvalue weighted by molar-refractivity contribution is -0.646. The van der Waals surface area contributed by atoms with E-state index < -0.39 is 10.8 Å². The Labute approximate surface area is 95.2 Å². The van der Waals surface area contributed by atoms with Gasteiger partial charge in [-0.2, -0.15) is 4.57 Å². The van der Waals surface area contributed by atoms with E-state index in [4.69, 9.17) is 5.73 Å². The van der Waals surface area contributed by atoms with E-state index in [1.165, 1.54) is 12.1 Å². The first-order valence-corrected chi connectivity index (χ1v) is 6.27. The minimum atomic E-state index is -1.15. The smallest absolute Gasteiger partial charge is 0.217 e. The fourth-order valence-electron chi connectivity index (χ4n) is 1.70. The highest BCUT2D eigenvalue weighted by atomic mass is 32.2. The predicted molar refractivity (Wildman–Crippen MR) is 61.8 cm³/mol. The third kappa shape index (κ3) is 1.67. The van der Waals surface area contributed by atoms with Crippen molar-refractivity contribution < 1.29 is 13.2 Å². The molecule has 1 aromatic carbocycles. The first kappa shape index (κ1) is 11.0. The minimum absolute atomic E-state index is 0.312. The average Bonchev–Trinajstić information content (AvgIpc) is 2.22. The van der Waals surface area contributed by atoms with Crippen LogP contribution < -0.4 is 10.3 Å². The Morgan fingerprint density at radius 1 is 1.44 bits per heavy atom. The summed E-state index contributed by atoms with van der Waals surface area (Å²) in [6, 6.07) is 4.37. The van der Waals surface area contributed by atoms with Crippen molar-refractivity contribution in [2.24, 2.45) is 7.05 Å². The molecule has 0 radical (unpaired) electrons. The standard InChI is InChI=1S/C11H11FN2OS/c1-14-6-10(16(2)15)11(13)8-4-3-7(12)5-9(8)14/h3-6,13H,1-2H3/p+1/t16-/m1/s1. The highest BCUT2D eigenvalue weighted by molar-refractivity contribution is 7.84. The lowest BCUT2D eigenvalue weighted by Gasteiger charge is -2.05. The maximum atomic E-state index is 13.1. The quantitative estimate of drug-likeness (QED) is 0.758. The zero-order chi connectivity index (χ0) is 11.9. The molecule has 16 heavy (non-hydrogen) atoms. The van der Waals surface area contributed by atoms with Crippen molar-refractivity contribution in [3.05, 3.63) is 30.2 Å². The average molecular weight is 239 g/mol. The van der Waals surface area contributed by atoms with Crippen LogP contribution in [0.2, 0.25) is 0 Å². The van der Waals surface area contributed by atoms with E-state index in [0.717, 1.165) is 5.39 Å². The van der Waals surface area contributed by atoms with Crippen molar-refractivity contribution in [1.82, 2.24) is 0 Å². The third-order valence-electron chi connectivity index (χ3n) is 2.52. The van der Waals surface area contributed by atoms with Crippen LogP contribution in [-0.2, 0) is 17.8 Å². The highest BCUT2D eigenvalue weighted by Crippen LogP contribution is 2.24. The summed E-state index contributed by atoms with van der Waals surface area (Å²) in [7, 11) is 0.624. The predicted octanol–water partition coefficient (Wildman–Crippen LogP) is 1.12. The lowest BCUT2D eigenvalue weighted by atomic mass is 10.2. The summed E-state index contributed by atoms with van der Waals surface area (Å²) in [6.07, 6.45) is 3.24. The van der Waals surface area contributed by atoms with E-state index in [1.807, 2.05) is 0 Å². The fraction of sp³-hybridized carbons (Fsp3) is 0.182. The van der Waals surface area contributed by atoms with Crippen LogP contribution in [0.1, 0.15) is 0 Å². The molecule has 0 unspecified atom stereocenters. The van der Waals surface area contributed by atoms with Crippen molar-refractivity contribution in [2.75, 3.05) is 12.0 Å². The van der Waals surface area contributed by atoms with Gasteiger partial charge in [-0.15, -0.1) is 0 Å². The zero-order valence-corrected chi connectivity index (χ0v) is 9.84. The van der Waals surface area contributed by atoms with E-state index in [-0.39, 0.29) is 5.82 Å². The molecule has 1 atom stereocenters. The van der Waals surface area contributed by atoms with Crippen molar-refractivity contribution in [3.8, 4) is 0 Å². The van der Waals surface area contributed by atoms with Gasteiger partial charge in [0, 0.05) is 12.3 Å². The monoisotopic (exact) mass is 239 g/mol. The van der Waals surface area contributed by atoms with E-state index in [9.17, 15) is 8.60 Å². The number of fused-ring (bicyclic) bond motifs is 1. The van der Waals surface area contributed by atoms with Crippen molar-refractivity contribution >= 4 is 27.4 Å². The number of hydrogen-bond acceptors (Lipinski definition) is 2. The van der Waals surface area contributed by atoms with Gasteiger partial charge >= 0.3 is 0 Å². The molecular weight excluding hydrogens is 227 g/mol. The number of benzene rings is 1. The van der Waals surface area contributed by atoms with Gasteiger partial charge < -0.3 is 5.73 Å². The summed E-state index contributed by atoms with van der Waals surface area (Å²) in [6.45, 7) is 0. The van der Waals surface area contributed by atoms with E-state index in [2.05, 4.69) is 0 Å². The van der Waals surface area contributed by atoms with Crippen LogP contribution in [0.4, 0.5) is 10.1 Å². The van der Waals surface area contributed by atoms with Gasteiger partial charge in [0.2, 0.25) is 5.52 Å². The van der Waals surface area contributed by atoms with Crippen molar-refractivity contribution in [2.45, 2.75) is 4.90 Å². The van der Waals surface area contributed by atoms with Gasteiger partial charge in [0.1, 0.15) is 17.8 Å². The Kier molecular flexibility index (Phi) is 2.63. The number of aryl methyl sites for hydroxylation is 1. The van der Waals surface area contributed by atoms with Gasteiger partial charge in [-0.05, 0) is 12.1 Å². The minimum Gasteiger partial charge on any atom is -0.397 e. The summed E-state index contributed by atoms with van der Waals surface area (Å²) in [5.74, 6) is -0.312. The SMILES string of the molecule is C[n+]1cc([S@@](C)=O)c(N)c2ccc(F)cc21. The lowest BCUT2D eigenvalue weighted by Crippen LogP contribution is -2.30. The second-order valence-electron chi connectivity index (χ2n) is 3.63. The number of anilines is 1. The summed E-state index contributed by atoms with van der Waals surface area (Å²) in [5.41, 5.74) is 7.05. The molecule has 0 bridgehead atoms. The van der Waals surface area contributed by atoms with Gasteiger partial charge in [-0.25, -0.2) is 4.39 Å². The molecule has 0 aliphatic heterocycles.